The highest BCUT2D eigenvalue weighted by Crippen LogP contribution is 2.19. The molecule has 1 amide bonds. The van der Waals surface area contributed by atoms with Gasteiger partial charge in [-0.1, -0.05) is 19.4 Å². The van der Waals surface area contributed by atoms with Crippen LogP contribution in [0.5, 0.6) is 0 Å². The summed E-state index contributed by atoms with van der Waals surface area (Å²) in [5, 5.41) is 10.6. The molecule has 0 saturated heterocycles. The summed E-state index contributed by atoms with van der Waals surface area (Å²) in [5.41, 5.74) is 2.61. The lowest BCUT2D eigenvalue weighted by Gasteiger charge is -2.07. The van der Waals surface area contributed by atoms with Crippen molar-refractivity contribution >= 4 is 17.2 Å². The second-order valence-electron chi connectivity index (χ2n) is 5.43. The average molecular weight is 336 g/mol. The number of benzene rings is 1. The molecular weight excluding hydrogens is 315 g/mol. The number of amides is 1. The minimum absolute atomic E-state index is 0.00692. The molecule has 1 heterocycles. The minimum atomic E-state index is -1.20. The van der Waals surface area contributed by atoms with Crippen LogP contribution in [0.25, 0.3) is 11.1 Å². The first-order chi connectivity index (χ1) is 11.6. The number of carbonyl (C=O) groups is 1. The van der Waals surface area contributed by atoms with Crippen LogP contribution in [0.2, 0.25) is 0 Å². The lowest BCUT2D eigenvalue weighted by Crippen LogP contribution is -2.24. The first-order valence-corrected chi connectivity index (χ1v) is 7.83. The van der Waals surface area contributed by atoms with E-state index in [1.54, 1.807) is 0 Å². The maximum absolute atomic E-state index is 12.6. The molecule has 0 fully saturated rings. The fourth-order valence-electron chi connectivity index (χ4n) is 2.15. The third kappa shape index (κ3) is 5.34. The number of hydrogen-bond donors (Lipinski definition) is 2. The van der Waals surface area contributed by atoms with E-state index >= 15 is 0 Å². The molecule has 130 valence electrons. The van der Waals surface area contributed by atoms with E-state index < -0.39 is 6.09 Å². The van der Waals surface area contributed by atoms with Gasteiger partial charge in [0.2, 0.25) is 0 Å². The van der Waals surface area contributed by atoms with Crippen LogP contribution in [0.15, 0.2) is 34.5 Å². The number of halogens is 1. The highest BCUT2D eigenvalue weighted by molar-refractivity contribution is 5.73. The molecule has 0 radical (unpaired) electrons. The second kappa shape index (κ2) is 9.02. The lowest BCUT2D eigenvalue weighted by molar-refractivity contribution is 0.140. The van der Waals surface area contributed by atoms with E-state index in [0.29, 0.717) is 11.9 Å². The SMILES string of the molecule is CCCCc1nc2ccc(COCC(=CF)CNC(=O)O)cc2o1. The molecule has 0 spiro atoms. The zero-order chi connectivity index (χ0) is 17.4. The van der Waals surface area contributed by atoms with Crippen molar-refractivity contribution in [1.29, 1.82) is 0 Å². The fourth-order valence-corrected chi connectivity index (χ4v) is 2.15. The number of unbranched alkanes of at least 4 members (excludes halogenated alkanes) is 1. The van der Waals surface area contributed by atoms with E-state index in [-0.39, 0.29) is 25.3 Å². The maximum Gasteiger partial charge on any atom is 0.404 e. The average Bonchev–Trinajstić information content (AvgIpc) is 2.97. The first-order valence-electron chi connectivity index (χ1n) is 7.83. The number of carboxylic acid groups (broad SMARTS) is 1. The molecule has 2 N–H and O–H groups in total. The molecule has 1 aromatic heterocycles. The molecule has 0 aliphatic rings. The van der Waals surface area contributed by atoms with Crippen molar-refractivity contribution in [2.45, 2.75) is 32.8 Å². The predicted octanol–water partition coefficient (Wildman–Crippen LogP) is 3.81. The second-order valence-corrected chi connectivity index (χ2v) is 5.43. The monoisotopic (exact) mass is 336 g/mol. The number of rotatable bonds is 9. The number of aryl methyl sites for hydroxylation is 1. The summed E-state index contributed by atoms with van der Waals surface area (Å²) in [6.45, 7) is 2.29. The zero-order valence-corrected chi connectivity index (χ0v) is 13.5. The van der Waals surface area contributed by atoms with Gasteiger partial charge in [-0.25, -0.2) is 14.2 Å². The summed E-state index contributed by atoms with van der Waals surface area (Å²) in [5.74, 6) is 0.729. The van der Waals surface area contributed by atoms with Crippen molar-refractivity contribution < 1.29 is 23.4 Å². The van der Waals surface area contributed by atoms with Gasteiger partial charge in [-0.05, 0) is 24.1 Å². The van der Waals surface area contributed by atoms with E-state index in [2.05, 4.69) is 17.2 Å². The van der Waals surface area contributed by atoms with Crippen molar-refractivity contribution in [3.8, 4) is 0 Å². The van der Waals surface area contributed by atoms with Crippen molar-refractivity contribution in [2.75, 3.05) is 13.2 Å². The molecule has 0 aliphatic heterocycles. The van der Waals surface area contributed by atoms with Gasteiger partial charge in [0.15, 0.2) is 11.5 Å². The smallest absolute Gasteiger partial charge is 0.404 e. The molecule has 0 saturated carbocycles. The Hall–Kier alpha value is -2.41. The molecule has 7 heteroatoms. The van der Waals surface area contributed by atoms with Gasteiger partial charge in [0.1, 0.15) is 5.52 Å². The van der Waals surface area contributed by atoms with Crippen molar-refractivity contribution in [3.05, 3.63) is 41.6 Å². The molecule has 24 heavy (non-hydrogen) atoms. The summed E-state index contributed by atoms with van der Waals surface area (Å²) in [4.78, 5) is 14.8. The zero-order valence-electron chi connectivity index (χ0n) is 13.5. The number of oxazole rings is 1. The van der Waals surface area contributed by atoms with E-state index in [4.69, 9.17) is 14.3 Å². The number of hydrogen-bond acceptors (Lipinski definition) is 4. The van der Waals surface area contributed by atoms with Gasteiger partial charge in [0.05, 0.1) is 19.5 Å². The molecule has 6 nitrogen and oxygen atoms in total. The Morgan fingerprint density at radius 3 is 3.04 bits per heavy atom. The van der Waals surface area contributed by atoms with Gasteiger partial charge >= 0.3 is 6.09 Å². The van der Waals surface area contributed by atoms with Crippen LogP contribution in [0, 0.1) is 0 Å². The van der Waals surface area contributed by atoms with Crippen LogP contribution >= 0.6 is 0 Å². The Labute approximate surface area is 139 Å². The number of nitrogens with one attached hydrogen (secondary N) is 1. The van der Waals surface area contributed by atoms with Gasteiger partial charge in [0.25, 0.3) is 0 Å². The van der Waals surface area contributed by atoms with E-state index in [1.165, 1.54) is 0 Å². The highest BCUT2D eigenvalue weighted by atomic mass is 19.1. The topological polar surface area (TPSA) is 84.6 Å². The molecule has 0 atom stereocenters. The summed E-state index contributed by atoms with van der Waals surface area (Å²) in [6.07, 6.45) is 2.09. The van der Waals surface area contributed by atoms with E-state index in [1.807, 2.05) is 18.2 Å². The standard InChI is InChI=1S/C17H21FN2O4/c1-2-3-4-16-20-14-6-5-12(7-15(14)24-16)10-23-11-13(8-18)9-19-17(21)22/h5-8,19H,2-4,9-11H2,1H3,(H,21,22). The molecule has 1 aromatic carbocycles. The summed E-state index contributed by atoms with van der Waals surface area (Å²) in [7, 11) is 0. The lowest BCUT2D eigenvalue weighted by atomic mass is 10.2. The van der Waals surface area contributed by atoms with Crippen LogP contribution < -0.4 is 5.32 Å². The molecule has 2 rings (SSSR count). The number of nitrogens with zero attached hydrogens (tertiary/aromatic N) is 1. The molecule has 2 aromatic rings. The minimum Gasteiger partial charge on any atom is -0.465 e. The van der Waals surface area contributed by atoms with Crippen LogP contribution in [0.3, 0.4) is 0 Å². The van der Waals surface area contributed by atoms with Gasteiger partial charge in [-0.2, -0.15) is 0 Å². The summed E-state index contributed by atoms with van der Waals surface area (Å²) < 4.78 is 23.8. The van der Waals surface area contributed by atoms with Crippen LogP contribution in [-0.2, 0) is 17.8 Å². The van der Waals surface area contributed by atoms with Crippen molar-refractivity contribution in [3.63, 3.8) is 0 Å². The Morgan fingerprint density at radius 2 is 2.33 bits per heavy atom. The Morgan fingerprint density at radius 1 is 1.50 bits per heavy atom. The molecular formula is C17H21FN2O4. The summed E-state index contributed by atoms with van der Waals surface area (Å²) >= 11 is 0. The third-order valence-corrected chi connectivity index (χ3v) is 3.42. The molecule has 0 bridgehead atoms. The fraction of sp³-hybridized carbons (Fsp3) is 0.412. The Bertz CT molecular complexity index is 712. The van der Waals surface area contributed by atoms with Gasteiger partial charge in [-0.3, -0.25) is 0 Å². The number of fused-ring (bicyclic) bond motifs is 1. The van der Waals surface area contributed by atoms with Gasteiger partial charge < -0.3 is 19.6 Å². The van der Waals surface area contributed by atoms with E-state index in [0.717, 1.165) is 36.2 Å². The van der Waals surface area contributed by atoms with Gasteiger partial charge in [-0.15, -0.1) is 0 Å². The molecule has 0 unspecified atom stereocenters. The molecule has 0 aliphatic carbocycles. The van der Waals surface area contributed by atoms with E-state index in [9.17, 15) is 9.18 Å². The van der Waals surface area contributed by atoms with Crippen LogP contribution in [0.4, 0.5) is 9.18 Å². The van der Waals surface area contributed by atoms with Crippen molar-refractivity contribution in [1.82, 2.24) is 10.3 Å². The highest BCUT2D eigenvalue weighted by Gasteiger charge is 2.07. The predicted molar refractivity (Wildman–Crippen MR) is 87.5 cm³/mol. The first kappa shape index (κ1) is 17.9. The van der Waals surface area contributed by atoms with Crippen LogP contribution in [-0.4, -0.2) is 29.3 Å². The third-order valence-electron chi connectivity index (χ3n) is 3.42. The maximum atomic E-state index is 12.6. The van der Waals surface area contributed by atoms with Crippen molar-refractivity contribution in [2.24, 2.45) is 0 Å². The Kier molecular flexibility index (Phi) is 6.74. The normalized spacial score (nSPS) is 11.8. The van der Waals surface area contributed by atoms with Crippen LogP contribution in [0.1, 0.15) is 31.2 Å². The van der Waals surface area contributed by atoms with Gasteiger partial charge in [0, 0.05) is 18.5 Å². The quantitative estimate of drug-likeness (QED) is 0.727. The summed E-state index contributed by atoms with van der Waals surface area (Å²) in [6, 6.07) is 5.60. The number of aromatic nitrogens is 1. The number of ether oxygens (including phenoxy) is 1. The Balaban J connectivity index is 1.89. The largest absolute Gasteiger partial charge is 0.465 e.